The van der Waals surface area contributed by atoms with Gasteiger partial charge in [0, 0.05) is 17.5 Å². The number of hydrogen-bond acceptors (Lipinski definition) is 5. The lowest BCUT2D eigenvalue weighted by Gasteiger charge is -2.18. The van der Waals surface area contributed by atoms with Crippen molar-refractivity contribution in [2.75, 3.05) is 7.11 Å². The highest BCUT2D eigenvalue weighted by atomic mass is 16.5. The second-order valence-corrected chi connectivity index (χ2v) is 9.45. The number of carbonyl (C=O) groups is 2. The Hall–Kier alpha value is -3.80. The molecule has 3 aromatic carbocycles. The fraction of sp³-hybridized carbons (Fsp3) is 0.286. The summed E-state index contributed by atoms with van der Waals surface area (Å²) in [6.45, 7) is 7.89. The first-order chi connectivity index (χ1) is 16.0. The maximum atomic E-state index is 12.6. The number of carboxylic acids is 1. The monoisotopic (exact) mass is 462 g/mol. The van der Waals surface area contributed by atoms with Gasteiger partial charge in [-0.3, -0.25) is 4.79 Å². The Balaban J connectivity index is 1.82. The molecule has 0 atom stereocenters. The van der Waals surface area contributed by atoms with Gasteiger partial charge in [0.1, 0.15) is 23.9 Å². The van der Waals surface area contributed by atoms with Crippen LogP contribution in [0.15, 0.2) is 54.6 Å². The zero-order valence-corrected chi connectivity index (χ0v) is 20.1. The number of carbonyl (C=O) groups excluding carboxylic acids is 1. The first-order valence-corrected chi connectivity index (χ1v) is 11.0. The highest BCUT2D eigenvalue weighted by molar-refractivity contribution is 5.99. The predicted octanol–water partition coefficient (Wildman–Crippen LogP) is 6.27. The van der Waals surface area contributed by atoms with Gasteiger partial charge in [-0.15, -0.1) is 0 Å². The summed E-state index contributed by atoms with van der Waals surface area (Å²) in [5.41, 5.74) is 3.11. The van der Waals surface area contributed by atoms with Crippen LogP contribution in [0.5, 0.6) is 17.2 Å². The summed E-state index contributed by atoms with van der Waals surface area (Å²) < 4.78 is 11.4. The molecule has 6 heteroatoms. The molecule has 0 spiro atoms. The van der Waals surface area contributed by atoms with Crippen molar-refractivity contribution < 1.29 is 29.3 Å². The molecule has 0 aliphatic heterocycles. The molecule has 0 heterocycles. The molecule has 6 nitrogen and oxygen atoms in total. The molecule has 0 aliphatic carbocycles. The molecule has 0 aliphatic rings. The quantitative estimate of drug-likeness (QED) is 0.383. The van der Waals surface area contributed by atoms with Crippen LogP contribution < -0.4 is 9.47 Å². The van der Waals surface area contributed by atoms with Gasteiger partial charge >= 0.3 is 5.97 Å². The topological polar surface area (TPSA) is 93.1 Å². The maximum absolute atomic E-state index is 12.6. The largest absolute Gasteiger partial charge is 0.507 e. The number of benzene rings is 3. The van der Waals surface area contributed by atoms with E-state index in [0.717, 1.165) is 11.1 Å². The van der Waals surface area contributed by atoms with E-state index < -0.39 is 5.97 Å². The molecular weight excluding hydrogens is 432 g/mol. The molecule has 0 saturated carbocycles. The van der Waals surface area contributed by atoms with Crippen molar-refractivity contribution in [1.82, 2.24) is 0 Å². The average molecular weight is 463 g/mol. The zero-order valence-electron chi connectivity index (χ0n) is 20.1. The zero-order chi connectivity index (χ0) is 25.0. The van der Waals surface area contributed by atoms with Gasteiger partial charge < -0.3 is 19.7 Å². The molecule has 178 valence electrons. The fourth-order valence-corrected chi connectivity index (χ4v) is 3.70. The van der Waals surface area contributed by atoms with Crippen molar-refractivity contribution in [1.29, 1.82) is 0 Å². The molecule has 0 saturated heterocycles. The lowest BCUT2D eigenvalue weighted by atomic mass is 9.87. The van der Waals surface area contributed by atoms with E-state index in [1.165, 1.54) is 13.2 Å². The number of hydrogen-bond donors (Lipinski definition) is 2. The SMILES string of the molecule is COc1ccc(C(=O)O)cc1-c1cccc(COc2ccc(C(=O)CC(C)(C)C)c(O)c2C)c1. The Labute approximate surface area is 199 Å². The standard InChI is InChI=1S/C28H30O6/c1-17-24(12-10-21(26(17)30)23(29)15-28(2,3)4)34-16-18-7-6-8-19(13-18)22-14-20(27(31)32)9-11-25(22)33-5/h6-14,30H,15-16H2,1-5H3,(H,31,32). The summed E-state index contributed by atoms with van der Waals surface area (Å²) in [7, 11) is 1.54. The Morgan fingerprint density at radius 3 is 2.32 bits per heavy atom. The smallest absolute Gasteiger partial charge is 0.335 e. The highest BCUT2D eigenvalue weighted by Gasteiger charge is 2.21. The van der Waals surface area contributed by atoms with E-state index in [2.05, 4.69) is 0 Å². The number of aromatic carboxylic acids is 1. The molecule has 0 amide bonds. The minimum Gasteiger partial charge on any atom is -0.507 e. The number of Topliss-reactive ketones (excluding diaryl/α,β-unsaturated/α-hetero) is 1. The number of phenolic OH excluding ortho intramolecular Hbond substituents is 1. The third kappa shape index (κ3) is 5.76. The molecule has 0 aromatic heterocycles. The van der Waals surface area contributed by atoms with Crippen LogP contribution in [0.4, 0.5) is 0 Å². The van der Waals surface area contributed by atoms with E-state index in [1.807, 2.05) is 45.0 Å². The van der Waals surface area contributed by atoms with Crippen LogP contribution in [0.2, 0.25) is 0 Å². The number of ether oxygens (including phenoxy) is 2. The molecule has 0 bridgehead atoms. The minimum atomic E-state index is -1.01. The van der Waals surface area contributed by atoms with Crippen molar-refractivity contribution in [2.45, 2.75) is 40.7 Å². The third-order valence-corrected chi connectivity index (χ3v) is 5.45. The molecule has 0 fully saturated rings. The van der Waals surface area contributed by atoms with Gasteiger partial charge in [0.15, 0.2) is 5.78 Å². The maximum Gasteiger partial charge on any atom is 0.335 e. The van der Waals surface area contributed by atoms with E-state index in [4.69, 9.17) is 9.47 Å². The van der Waals surface area contributed by atoms with E-state index in [0.29, 0.717) is 34.6 Å². The van der Waals surface area contributed by atoms with E-state index in [1.54, 1.807) is 31.2 Å². The number of aromatic hydroxyl groups is 1. The fourth-order valence-electron chi connectivity index (χ4n) is 3.70. The third-order valence-electron chi connectivity index (χ3n) is 5.45. The van der Waals surface area contributed by atoms with Crippen LogP contribution in [0.1, 0.15) is 59.0 Å². The Morgan fingerprint density at radius 1 is 0.971 bits per heavy atom. The van der Waals surface area contributed by atoms with E-state index in [9.17, 15) is 19.8 Å². The second-order valence-electron chi connectivity index (χ2n) is 9.45. The molecule has 0 radical (unpaired) electrons. The van der Waals surface area contributed by atoms with Gasteiger partial charge in [0.25, 0.3) is 0 Å². The number of rotatable bonds is 8. The highest BCUT2D eigenvalue weighted by Crippen LogP contribution is 2.35. The summed E-state index contributed by atoms with van der Waals surface area (Å²) >= 11 is 0. The van der Waals surface area contributed by atoms with Crippen LogP contribution in [-0.2, 0) is 6.61 Å². The molecule has 3 aromatic rings. The van der Waals surface area contributed by atoms with Crippen LogP contribution in [0.3, 0.4) is 0 Å². The van der Waals surface area contributed by atoms with E-state index >= 15 is 0 Å². The lowest BCUT2D eigenvalue weighted by Crippen LogP contribution is -2.13. The van der Waals surface area contributed by atoms with Gasteiger partial charge in [0.05, 0.1) is 18.2 Å². The summed E-state index contributed by atoms with van der Waals surface area (Å²) in [4.78, 5) is 24.0. The minimum absolute atomic E-state index is 0.0595. The van der Waals surface area contributed by atoms with Crippen molar-refractivity contribution in [3.63, 3.8) is 0 Å². The summed E-state index contributed by atoms with van der Waals surface area (Å²) in [6.07, 6.45) is 0.333. The van der Waals surface area contributed by atoms with E-state index in [-0.39, 0.29) is 29.1 Å². The number of methoxy groups -OCH3 is 1. The molecule has 0 unspecified atom stereocenters. The van der Waals surface area contributed by atoms with Gasteiger partial charge in [0.2, 0.25) is 0 Å². The number of phenols is 1. The number of ketones is 1. The van der Waals surface area contributed by atoms with Gasteiger partial charge in [-0.1, -0.05) is 39.0 Å². The molecule has 2 N–H and O–H groups in total. The van der Waals surface area contributed by atoms with Crippen molar-refractivity contribution in [3.05, 3.63) is 76.9 Å². The molecular formula is C28H30O6. The first-order valence-electron chi connectivity index (χ1n) is 11.0. The Morgan fingerprint density at radius 2 is 1.68 bits per heavy atom. The second kappa shape index (κ2) is 10.00. The average Bonchev–Trinajstić information content (AvgIpc) is 2.78. The first kappa shape index (κ1) is 24.8. The lowest BCUT2D eigenvalue weighted by molar-refractivity contribution is 0.0696. The van der Waals surface area contributed by atoms with Crippen molar-refractivity contribution in [2.24, 2.45) is 5.41 Å². The van der Waals surface area contributed by atoms with Crippen LogP contribution in [0.25, 0.3) is 11.1 Å². The molecule has 3 rings (SSSR count). The van der Waals surface area contributed by atoms with Gasteiger partial charge in [-0.05, 0) is 59.9 Å². The van der Waals surface area contributed by atoms with Crippen LogP contribution in [0, 0.1) is 12.3 Å². The van der Waals surface area contributed by atoms with Crippen molar-refractivity contribution >= 4 is 11.8 Å². The van der Waals surface area contributed by atoms with Gasteiger partial charge in [-0.25, -0.2) is 4.79 Å². The predicted molar refractivity (Wildman–Crippen MR) is 131 cm³/mol. The Bertz CT molecular complexity index is 1220. The summed E-state index contributed by atoms with van der Waals surface area (Å²) in [5.74, 6) is -0.122. The number of carboxylic acid groups (broad SMARTS) is 1. The summed E-state index contributed by atoms with van der Waals surface area (Å²) in [5, 5.41) is 19.9. The van der Waals surface area contributed by atoms with Crippen LogP contribution >= 0.6 is 0 Å². The Kier molecular flexibility index (Phi) is 7.30. The van der Waals surface area contributed by atoms with Crippen LogP contribution in [-0.4, -0.2) is 29.1 Å². The van der Waals surface area contributed by atoms with Gasteiger partial charge in [-0.2, -0.15) is 0 Å². The summed E-state index contributed by atoms with van der Waals surface area (Å²) in [6, 6.07) is 15.6. The molecule has 34 heavy (non-hydrogen) atoms. The normalized spacial score (nSPS) is 11.2. The van der Waals surface area contributed by atoms with Crippen molar-refractivity contribution in [3.8, 4) is 28.4 Å².